The Balaban J connectivity index is 2.03. The van der Waals surface area contributed by atoms with Gasteiger partial charge in [0, 0.05) is 5.56 Å². The smallest absolute Gasteiger partial charge is 0.368 e. The first kappa shape index (κ1) is 18.4. The SMILES string of the molecule is CCOc1cc(/C=C2\C(=O)ON=C2c2ccccc2)cc(I)c1OCC. The molecule has 0 amide bonds. The average molecular weight is 463 g/mol. The van der Waals surface area contributed by atoms with Crippen molar-refractivity contribution in [2.24, 2.45) is 5.16 Å². The summed E-state index contributed by atoms with van der Waals surface area (Å²) in [6.45, 7) is 4.92. The molecule has 134 valence electrons. The Morgan fingerprint density at radius 1 is 1.12 bits per heavy atom. The van der Waals surface area contributed by atoms with Crippen LogP contribution >= 0.6 is 22.6 Å². The fourth-order valence-corrected chi connectivity index (χ4v) is 3.38. The van der Waals surface area contributed by atoms with Crippen LogP contribution in [-0.2, 0) is 9.63 Å². The first-order chi connectivity index (χ1) is 12.6. The number of hydrogen-bond donors (Lipinski definition) is 0. The molecule has 5 nitrogen and oxygen atoms in total. The van der Waals surface area contributed by atoms with Gasteiger partial charge < -0.3 is 14.3 Å². The van der Waals surface area contributed by atoms with E-state index < -0.39 is 5.97 Å². The monoisotopic (exact) mass is 463 g/mol. The number of nitrogens with zero attached hydrogens (tertiary/aromatic N) is 1. The van der Waals surface area contributed by atoms with Gasteiger partial charge in [-0.1, -0.05) is 35.5 Å². The molecule has 26 heavy (non-hydrogen) atoms. The van der Waals surface area contributed by atoms with E-state index in [0.717, 1.165) is 14.7 Å². The average Bonchev–Trinajstić information content (AvgIpc) is 3.00. The Bertz CT molecular complexity index is 875. The second kappa shape index (κ2) is 8.35. The van der Waals surface area contributed by atoms with Crippen LogP contribution < -0.4 is 9.47 Å². The Morgan fingerprint density at radius 3 is 2.54 bits per heavy atom. The molecule has 1 aliphatic heterocycles. The lowest BCUT2D eigenvalue weighted by Gasteiger charge is -2.13. The lowest BCUT2D eigenvalue weighted by Crippen LogP contribution is -2.07. The minimum Gasteiger partial charge on any atom is -0.490 e. The van der Waals surface area contributed by atoms with Crippen LogP contribution in [0, 0.1) is 3.57 Å². The zero-order chi connectivity index (χ0) is 18.5. The molecule has 0 radical (unpaired) electrons. The summed E-state index contributed by atoms with van der Waals surface area (Å²) in [7, 11) is 0. The van der Waals surface area contributed by atoms with E-state index in [1.165, 1.54) is 0 Å². The van der Waals surface area contributed by atoms with Crippen molar-refractivity contribution in [3.8, 4) is 11.5 Å². The lowest BCUT2D eigenvalue weighted by atomic mass is 10.0. The number of carbonyl (C=O) groups is 1. The summed E-state index contributed by atoms with van der Waals surface area (Å²) >= 11 is 2.20. The first-order valence-corrected chi connectivity index (χ1v) is 9.37. The number of hydrogen-bond acceptors (Lipinski definition) is 5. The highest BCUT2D eigenvalue weighted by molar-refractivity contribution is 14.1. The molecule has 0 spiro atoms. The fraction of sp³-hybridized carbons (Fsp3) is 0.200. The summed E-state index contributed by atoms with van der Waals surface area (Å²) in [5.41, 5.74) is 2.59. The van der Waals surface area contributed by atoms with Gasteiger partial charge in [-0.2, -0.15) is 0 Å². The number of ether oxygens (including phenoxy) is 2. The van der Waals surface area contributed by atoms with Crippen molar-refractivity contribution in [1.29, 1.82) is 0 Å². The maximum atomic E-state index is 12.2. The van der Waals surface area contributed by atoms with Crippen molar-refractivity contribution < 1.29 is 19.1 Å². The molecule has 0 saturated heterocycles. The third kappa shape index (κ3) is 3.90. The molecule has 2 aromatic rings. The standard InChI is InChI=1S/C20H18INO4/c1-3-24-17-12-13(11-16(21)19(17)25-4-2)10-15-18(22-26-20(15)23)14-8-6-5-7-9-14/h5-12H,3-4H2,1-2H3/b15-10-. The van der Waals surface area contributed by atoms with Gasteiger partial charge in [-0.25, -0.2) is 4.79 Å². The van der Waals surface area contributed by atoms with Crippen molar-refractivity contribution in [2.45, 2.75) is 13.8 Å². The summed E-state index contributed by atoms with van der Waals surface area (Å²) in [5, 5.41) is 3.93. The maximum Gasteiger partial charge on any atom is 0.368 e. The van der Waals surface area contributed by atoms with Gasteiger partial charge in [-0.15, -0.1) is 0 Å². The van der Waals surface area contributed by atoms with E-state index in [0.29, 0.717) is 36.0 Å². The third-order valence-corrected chi connectivity index (χ3v) is 4.47. The molecule has 0 N–H and O–H groups in total. The second-order valence-electron chi connectivity index (χ2n) is 5.44. The summed E-state index contributed by atoms with van der Waals surface area (Å²) in [6, 6.07) is 13.3. The van der Waals surface area contributed by atoms with Crippen LogP contribution in [0.1, 0.15) is 25.0 Å². The van der Waals surface area contributed by atoms with E-state index in [9.17, 15) is 4.79 Å². The van der Waals surface area contributed by atoms with Crippen molar-refractivity contribution in [2.75, 3.05) is 13.2 Å². The topological polar surface area (TPSA) is 57.1 Å². The van der Waals surface area contributed by atoms with Gasteiger partial charge in [0.05, 0.1) is 22.4 Å². The Labute approximate surface area is 165 Å². The number of rotatable bonds is 6. The lowest BCUT2D eigenvalue weighted by molar-refractivity contribution is -0.136. The maximum absolute atomic E-state index is 12.2. The van der Waals surface area contributed by atoms with Crippen LogP contribution in [0.2, 0.25) is 0 Å². The predicted molar refractivity (Wildman–Crippen MR) is 109 cm³/mol. The van der Waals surface area contributed by atoms with Crippen molar-refractivity contribution >= 4 is 40.3 Å². The summed E-state index contributed by atoms with van der Waals surface area (Å²) in [5.74, 6) is 0.895. The molecule has 0 fully saturated rings. The van der Waals surface area contributed by atoms with E-state index in [1.54, 1.807) is 6.08 Å². The molecule has 0 unspecified atom stereocenters. The van der Waals surface area contributed by atoms with Crippen LogP contribution in [0.15, 0.2) is 53.2 Å². The minimum absolute atomic E-state index is 0.415. The van der Waals surface area contributed by atoms with Crippen molar-refractivity contribution in [3.05, 3.63) is 62.7 Å². The molecular weight excluding hydrogens is 445 g/mol. The molecule has 1 aliphatic rings. The number of oxime groups is 1. The van der Waals surface area contributed by atoms with Gasteiger partial charge in [-0.3, -0.25) is 0 Å². The van der Waals surface area contributed by atoms with Crippen LogP contribution in [-0.4, -0.2) is 24.9 Å². The molecule has 0 saturated carbocycles. The van der Waals surface area contributed by atoms with Crippen molar-refractivity contribution in [3.63, 3.8) is 0 Å². The number of carbonyl (C=O) groups excluding carboxylic acids is 1. The third-order valence-electron chi connectivity index (χ3n) is 3.67. The molecule has 0 aliphatic carbocycles. The molecular formula is C20H18INO4. The second-order valence-corrected chi connectivity index (χ2v) is 6.60. The largest absolute Gasteiger partial charge is 0.490 e. The summed E-state index contributed by atoms with van der Waals surface area (Å²) in [4.78, 5) is 17.1. The number of halogens is 1. The molecule has 6 heteroatoms. The fourth-order valence-electron chi connectivity index (χ4n) is 2.60. The molecule has 0 bridgehead atoms. The Morgan fingerprint density at radius 2 is 1.85 bits per heavy atom. The van der Waals surface area contributed by atoms with Gasteiger partial charge in [0.15, 0.2) is 11.5 Å². The van der Waals surface area contributed by atoms with Gasteiger partial charge in [0.2, 0.25) is 0 Å². The summed E-state index contributed by atoms with van der Waals surface area (Å²) in [6.07, 6.45) is 1.77. The van der Waals surface area contributed by atoms with Gasteiger partial charge >= 0.3 is 5.97 Å². The highest BCUT2D eigenvalue weighted by Crippen LogP contribution is 2.35. The van der Waals surface area contributed by atoms with E-state index in [2.05, 4.69) is 27.7 Å². The zero-order valence-corrected chi connectivity index (χ0v) is 16.6. The molecule has 0 atom stereocenters. The summed E-state index contributed by atoms with van der Waals surface area (Å²) < 4.78 is 12.3. The van der Waals surface area contributed by atoms with Crippen LogP contribution in [0.4, 0.5) is 0 Å². The zero-order valence-electron chi connectivity index (χ0n) is 14.5. The highest BCUT2D eigenvalue weighted by atomic mass is 127. The van der Waals surface area contributed by atoms with Gasteiger partial charge in [0.25, 0.3) is 0 Å². The number of benzene rings is 2. The van der Waals surface area contributed by atoms with Crippen LogP contribution in [0.3, 0.4) is 0 Å². The van der Waals surface area contributed by atoms with E-state index in [-0.39, 0.29) is 0 Å². The predicted octanol–water partition coefficient (Wildman–Crippen LogP) is 4.43. The highest BCUT2D eigenvalue weighted by Gasteiger charge is 2.27. The first-order valence-electron chi connectivity index (χ1n) is 8.30. The van der Waals surface area contributed by atoms with Crippen LogP contribution in [0.5, 0.6) is 11.5 Å². The Kier molecular flexibility index (Phi) is 5.92. The normalized spacial score (nSPS) is 15.0. The quantitative estimate of drug-likeness (QED) is 0.361. The minimum atomic E-state index is -0.467. The molecule has 2 aromatic carbocycles. The Hall–Kier alpha value is -2.35. The van der Waals surface area contributed by atoms with Crippen LogP contribution in [0.25, 0.3) is 6.08 Å². The van der Waals surface area contributed by atoms with Gasteiger partial charge in [0.1, 0.15) is 5.71 Å². The molecule has 0 aromatic heterocycles. The van der Waals surface area contributed by atoms with Crippen molar-refractivity contribution in [1.82, 2.24) is 0 Å². The molecule has 1 heterocycles. The van der Waals surface area contributed by atoms with E-state index in [1.807, 2.05) is 56.3 Å². The van der Waals surface area contributed by atoms with E-state index in [4.69, 9.17) is 14.3 Å². The molecule has 3 rings (SSSR count). The van der Waals surface area contributed by atoms with Gasteiger partial charge in [-0.05, 0) is 60.2 Å². The van der Waals surface area contributed by atoms with E-state index >= 15 is 0 Å².